The number of hydrogen-bond acceptors (Lipinski definition) is 6. The Morgan fingerprint density at radius 1 is 1.11 bits per heavy atom. The van der Waals surface area contributed by atoms with Gasteiger partial charge in [-0.15, -0.1) is 10.2 Å². The van der Waals surface area contributed by atoms with Crippen molar-refractivity contribution in [2.45, 2.75) is 11.8 Å². The Bertz CT molecular complexity index is 1250. The molecule has 0 aliphatic rings. The summed E-state index contributed by atoms with van der Waals surface area (Å²) in [6, 6.07) is 10.2. The number of aryl methyl sites for hydroxylation is 1. The smallest absolute Gasteiger partial charge is 0.339 e. The Morgan fingerprint density at radius 2 is 1.79 bits per heavy atom. The summed E-state index contributed by atoms with van der Waals surface area (Å²) in [5.74, 6) is -1.98. The van der Waals surface area contributed by atoms with E-state index in [9.17, 15) is 28.0 Å². The number of azo groups is 1. The maximum absolute atomic E-state index is 11.6. The number of hydrogen-bond donors (Lipinski definition) is 3. The number of halogens is 1. The molecule has 3 N–H and O–H groups in total. The van der Waals surface area contributed by atoms with E-state index in [1.807, 2.05) is 0 Å². The van der Waals surface area contributed by atoms with Crippen LogP contribution in [-0.4, -0.2) is 29.2 Å². The molecule has 0 aliphatic carbocycles. The van der Waals surface area contributed by atoms with Gasteiger partial charge in [0.1, 0.15) is 21.8 Å². The number of carbonyl (C=O) groups is 1. The van der Waals surface area contributed by atoms with Crippen molar-refractivity contribution in [3.8, 4) is 5.75 Å². The second kappa shape index (κ2) is 7.19. The van der Waals surface area contributed by atoms with Crippen molar-refractivity contribution in [3.05, 3.63) is 58.6 Å². The van der Waals surface area contributed by atoms with Gasteiger partial charge in [-0.1, -0.05) is 35.9 Å². The van der Waals surface area contributed by atoms with E-state index in [2.05, 4.69) is 10.2 Å². The predicted molar refractivity (Wildman–Crippen MR) is 103 cm³/mol. The Balaban J connectivity index is 2.27. The van der Waals surface area contributed by atoms with E-state index in [1.165, 1.54) is 12.1 Å². The molecule has 0 bridgehead atoms. The number of phenols is 1. The Hall–Kier alpha value is -3.01. The van der Waals surface area contributed by atoms with Crippen LogP contribution < -0.4 is 0 Å². The summed E-state index contributed by atoms with van der Waals surface area (Å²) in [5.41, 5.74) is -0.260. The number of fused-ring (bicyclic) bond motifs is 1. The highest BCUT2D eigenvalue weighted by Gasteiger charge is 2.20. The number of nitrogens with zero attached hydrogens (tertiary/aromatic N) is 2. The minimum Gasteiger partial charge on any atom is -0.505 e. The minimum absolute atomic E-state index is 0.104. The van der Waals surface area contributed by atoms with Crippen molar-refractivity contribution in [2.75, 3.05) is 0 Å². The van der Waals surface area contributed by atoms with Crippen molar-refractivity contribution >= 4 is 49.8 Å². The number of aromatic hydroxyl groups is 1. The lowest BCUT2D eigenvalue weighted by Crippen LogP contribution is -1.99. The third-order valence-corrected chi connectivity index (χ3v) is 5.29. The maximum atomic E-state index is 11.6. The zero-order valence-electron chi connectivity index (χ0n) is 14.3. The lowest BCUT2D eigenvalue weighted by atomic mass is 10.0. The third-order valence-electron chi connectivity index (χ3n) is 4.00. The van der Waals surface area contributed by atoms with Crippen LogP contribution >= 0.6 is 11.6 Å². The molecule has 144 valence electrons. The summed E-state index contributed by atoms with van der Waals surface area (Å²) in [7, 11) is -4.65. The quantitative estimate of drug-likeness (QED) is 0.407. The molecule has 0 aromatic heterocycles. The normalized spacial score (nSPS) is 12.0. The molecule has 0 saturated heterocycles. The van der Waals surface area contributed by atoms with E-state index >= 15 is 0 Å². The number of benzene rings is 3. The second-order valence-electron chi connectivity index (χ2n) is 5.89. The summed E-state index contributed by atoms with van der Waals surface area (Å²) >= 11 is 5.91. The van der Waals surface area contributed by atoms with Gasteiger partial charge in [0.2, 0.25) is 0 Å². The first kappa shape index (κ1) is 19.7. The van der Waals surface area contributed by atoms with E-state index < -0.39 is 26.7 Å². The monoisotopic (exact) mass is 420 g/mol. The van der Waals surface area contributed by atoms with Gasteiger partial charge in [0.05, 0.1) is 0 Å². The van der Waals surface area contributed by atoms with Gasteiger partial charge in [-0.2, -0.15) is 8.42 Å². The first-order valence-electron chi connectivity index (χ1n) is 7.77. The van der Waals surface area contributed by atoms with Gasteiger partial charge >= 0.3 is 5.97 Å². The van der Waals surface area contributed by atoms with Crippen LogP contribution in [0, 0.1) is 6.92 Å². The standard InChI is InChI=1S/C18H13ClN2O6S/c1-9-6-14(15(8-13(9)19)28(25,26)27)20-21-16-11-5-3-2-4-10(11)7-12(17(16)22)18(23)24/h2-8,22H,1H3,(H,23,24)(H,25,26,27)/b21-20+. The van der Waals surface area contributed by atoms with E-state index in [4.69, 9.17) is 11.6 Å². The highest BCUT2D eigenvalue weighted by molar-refractivity contribution is 7.86. The van der Waals surface area contributed by atoms with Crippen LogP contribution in [0.5, 0.6) is 5.75 Å². The molecule has 0 heterocycles. The number of carboxylic acid groups (broad SMARTS) is 1. The molecule has 0 atom stereocenters. The fourth-order valence-corrected chi connectivity index (χ4v) is 3.48. The first-order valence-corrected chi connectivity index (χ1v) is 9.58. The fourth-order valence-electron chi connectivity index (χ4n) is 2.62. The molecule has 0 unspecified atom stereocenters. The van der Waals surface area contributed by atoms with E-state index in [1.54, 1.807) is 31.2 Å². The number of carboxylic acids is 1. The molecule has 10 heteroatoms. The van der Waals surface area contributed by atoms with Crippen LogP contribution in [0.15, 0.2) is 57.6 Å². The van der Waals surface area contributed by atoms with Crippen LogP contribution in [-0.2, 0) is 10.1 Å². The van der Waals surface area contributed by atoms with Crippen molar-refractivity contribution in [2.24, 2.45) is 10.2 Å². The van der Waals surface area contributed by atoms with Crippen LogP contribution in [0.4, 0.5) is 11.4 Å². The van der Waals surface area contributed by atoms with Crippen molar-refractivity contribution in [1.82, 2.24) is 0 Å². The van der Waals surface area contributed by atoms with Gasteiger partial charge in [-0.05, 0) is 36.1 Å². The zero-order chi connectivity index (χ0) is 20.6. The summed E-state index contributed by atoms with van der Waals surface area (Å²) in [5, 5.41) is 28.4. The van der Waals surface area contributed by atoms with Crippen LogP contribution in [0.3, 0.4) is 0 Å². The lowest BCUT2D eigenvalue weighted by molar-refractivity contribution is 0.0694. The Morgan fingerprint density at radius 3 is 2.43 bits per heavy atom. The van der Waals surface area contributed by atoms with Crippen LogP contribution in [0.25, 0.3) is 10.8 Å². The lowest BCUT2D eigenvalue weighted by Gasteiger charge is -2.08. The van der Waals surface area contributed by atoms with Crippen molar-refractivity contribution in [1.29, 1.82) is 0 Å². The SMILES string of the molecule is Cc1cc(/N=N/c2c(O)c(C(=O)O)cc3ccccc23)c(S(=O)(=O)O)cc1Cl. The summed E-state index contributed by atoms with van der Waals surface area (Å²) < 4.78 is 32.6. The Kier molecular flexibility index (Phi) is 5.07. The maximum Gasteiger partial charge on any atom is 0.339 e. The van der Waals surface area contributed by atoms with E-state index in [0.29, 0.717) is 16.3 Å². The molecule has 8 nitrogen and oxygen atoms in total. The number of rotatable bonds is 4. The topological polar surface area (TPSA) is 137 Å². The number of aromatic carboxylic acids is 1. The van der Waals surface area contributed by atoms with Gasteiger partial charge in [-0.3, -0.25) is 4.55 Å². The summed E-state index contributed by atoms with van der Waals surface area (Å²) in [6.45, 7) is 1.60. The minimum atomic E-state index is -4.65. The first-order chi connectivity index (χ1) is 13.1. The zero-order valence-corrected chi connectivity index (χ0v) is 15.9. The summed E-state index contributed by atoms with van der Waals surface area (Å²) in [4.78, 5) is 10.8. The van der Waals surface area contributed by atoms with Crippen molar-refractivity contribution < 1.29 is 28.0 Å². The molecule has 3 aromatic carbocycles. The molecular weight excluding hydrogens is 408 g/mol. The molecule has 28 heavy (non-hydrogen) atoms. The Labute approximate surface area is 164 Å². The van der Waals surface area contributed by atoms with Gasteiger partial charge in [0, 0.05) is 10.4 Å². The fraction of sp³-hybridized carbons (Fsp3) is 0.0556. The van der Waals surface area contributed by atoms with Gasteiger partial charge < -0.3 is 10.2 Å². The molecule has 3 aromatic rings. The molecule has 0 radical (unpaired) electrons. The van der Waals surface area contributed by atoms with Gasteiger partial charge in [0.15, 0.2) is 5.75 Å². The predicted octanol–water partition coefficient (Wildman–Crippen LogP) is 4.87. The molecule has 0 aliphatic heterocycles. The largest absolute Gasteiger partial charge is 0.505 e. The third kappa shape index (κ3) is 3.68. The molecule has 3 rings (SSSR count). The van der Waals surface area contributed by atoms with Gasteiger partial charge in [0.25, 0.3) is 10.1 Å². The summed E-state index contributed by atoms with van der Waals surface area (Å²) in [6.07, 6.45) is 0. The highest BCUT2D eigenvalue weighted by atomic mass is 35.5. The second-order valence-corrected chi connectivity index (χ2v) is 7.69. The molecule has 0 fully saturated rings. The van der Waals surface area contributed by atoms with Crippen LogP contribution in [0.1, 0.15) is 15.9 Å². The highest BCUT2D eigenvalue weighted by Crippen LogP contribution is 2.40. The average molecular weight is 421 g/mol. The van der Waals surface area contributed by atoms with Crippen LogP contribution in [0.2, 0.25) is 5.02 Å². The molecular formula is C18H13ClN2O6S. The average Bonchev–Trinajstić information content (AvgIpc) is 2.61. The van der Waals surface area contributed by atoms with E-state index in [-0.39, 0.29) is 22.0 Å². The molecule has 0 spiro atoms. The van der Waals surface area contributed by atoms with E-state index in [0.717, 1.165) is 6.07 Å². The molecule has 0 amide bonds. The van der Waals surface area contributed by atoms with Crippen molar-refractivity contribution in [3.63, 3.8) is 0 Å². The van der Waals surface area contributed by atoms with Gasteiger partial charge in [-0.25, -0.2) is 4.79 Å². The molecule has 0 saturated carbocycles.